The van der Waals surface area contributed by atoms with Crippen LogP contribution < -0.4 is 9.44 Å². The highest BCUT2D eigenvalue weighted by Crippen LogP contribution is 2.23. The molecule has 0 heterocycles. The van der Waals surface area contributed by atoms with Crippen LogP contribution in [0.4, 0.5) is 0 Å². The maximum Gasteiger partial charge on any atom is 0.321 e. The molecule has 0 saturated heterocycles. The molecule has 2 rings (SSSR count). The molecule has 8 nitrogen and oxygen atoms in total. The van der Waals surface area contributed by atoms with Crippen LogP contribution in [0.3, 0.4) is 0 Å². The number of unbranched alkanes of at least 4 members (excludes halogenated alkanes) is 1. The Labute approximate surface area is 147 Å². The van der Waals surface area contributed by atoms with Crippen LogP contribution in [0.15, 0.2) is 34.1 Å². The Bertz CT molecular complexity index is 814. The number of hydrogen-bond acceptors (Lipinski definition) is 5. The number of benzene rings is 1. The molecule has 0 spiro atoms. The minimum absolute atomic E-state index is 0.0286. The van der Waals surface area contributed by atoms with Gasteiger partial charge in [0, 0.05) is 6.04 Å². The third-order valence-corrected chi connectivity index (χ3v) is 6.81. The molecule has 1 saturated carbocycles. The molecule has 3 N–H and O–H groups in total. The fourth-order valence-electron chi connectivity index (χ4n) is 2.18. The molecular formula is C15H22N2O6S2. The van der Waals surface area contributed by atoms with E-state index in [1.165, 1.54) is 12.1 Å². The van der Waals surface area contributed by atoms with E-state index in [1.807, 2.05) is 6.92 Å². The van der Waals surface area contributed by atoms with E-state index in [9.17, 15) is 21.6 Å². The average Bonchev–Trinajstić information content (AvgIpc) is 3.34. The van der Waals surface area contributed by atoms with Gasteiger partial charge in [-0.25, -0.2) is 21.6 Å². The highest BCUT2D eigenvalue weighted by molar-refractivity contribution is 7.90. The van der Waals surface area contributed by atoms with Crippen LogP contribution in [0, 0.1) is 0 Å². The monoisotopic (exact) mass is 390 g/mol. The van der Waals surface area contributed by atoms with E-state index in [0.29, 0.717) is 6.42 Å². The smallest absolute Gasteiger partial charge is 0.321 e. The lowest BCUT2D eigenvalue weighted by atomic mass is 10.1. The first-order chi connectivity index (χ1) is 11.7. The number of sulfonamides is 2. The normalized spacial score (nSPS) is 16.5. The number of aliphatic carboxylic acids is 1. The molecule has 1 fully saturated rings. The third-order valence-electron chi connectivity index (χ3n) is 3.79. The van der Waals surface area contributed by atoms with Gasteiger partial charge in [-0.2, -0.15) is 4.72 Å². The average molecular weight is 390 g/mol. The van der Waals surface area contributed by atoms with Gasteiger partial charge in [-0.1, -0.05) is 19.8 Å². The van der Waals surface area contributed by atoms with E-state index in [4.69, 9.17) is 5.11 Å². The van der Waals surface area contributed by atoms with Crippen LogP contribution in [-0.2, 0) is 24.8 Å². The van der Waals surface area contributed by atoms with Crippen LogP contribution >= 0.6 is 0 Å². The second kappa shape index (κ2) is 7.81. The molecule has 140 valence electrons. The largest absolute Gasteiger partial charge is 0.480 e. The van der Waals surface area contributed by atoms with Crippen LogP contribution in [0.25, 0.3) is 0 Å². The molecule has 1 atom stereocenters. The lowest BCUT2D eigenvalue weighted by Gasteiger charge is -2.14. The van der Waals surface area contributed by atoms with Crippen molar-refractivity contribution in [2.75, 3.05) is 0 Å². The molecule has 1 aliphatic carbocycles. The van der Waals surface area contributed by atoms with Gasteiger partial charge in [0.05, 0.1) is 9.79 Å². The summed E-state index contributed by atoms with van der Waals surface area (Å²) >= 11 is 0. The van der Waals surface area contributed by atoms with Crippen LogP contribution in [0.1, 0.15) is 39.0 Å². The Kier molecular flexibility index (Phi) is 6.20. The Morgan fingerprint density at radius 1 is 1.12 bits per heavy atom. The first-order valence-electron chi connectivity index (χ1n) is 8.03. The minimum Gasteiger partial charge on any atom is -0.480 e. The first kappa shape index (κ1) is 19.8. The third kappa shape index (κ3) is 5.50. The molecule has 1 aliphatic rings. The molecule has 10 heteroatoms. The van der Waals surface area contributed by atoms with Crippen LogP contribution in [0.5, 0.6) is 0 Å². The molecular weight excluding hydrogens is 368 g/mol. The molecule has 1 aromatic rings. The maximum absolute atomic E-state index is 12.3. The summed E-state index contributed by atoms with van der Waals surface area (Å²) in [5, 5.41) is 9.14. The van der Waals surface area contributed by atoms with Crippen molar-refractivity contribution in [1.82, 2.24) is 9.44 Å². The molecule has 0 radical (unpaired) electrons. The summed E-state index contributed by atoms with van der Waals surface area (Å²) in [5.41, 5.74) is 0. The number of carbonyl (C=O) groups is 1. The van der Waals surface area contributed by atoms with E-state index >= 15 is 0 Å². The van der Waals surface area contributed by atoms with Crippen LogP contribution in [-0.4, -0.2) is 40.0 Å². The predicted octanol–water partition coefficient (Wildman–Crippen LogP) is 1.05. The predicted molar refractivity (Wildman–Crippen MR) is 91.1 cm³/mol. The fourth-order valence-corrected chi connectivity index (χ4v) is 4.71. The van der Waals surface area contributed by atoms with Crippen molar-refractivity contribution >= 4 is 26.0 Å². The van der Waals surface area contributed by atoms with Crippen molar-refractivity contribution in [2.24, 2.45) is 0 Å². The van der Waals surface area contributed by atoms with Crippen molar-refractivity contribution in [3.63, 3.8) is 0 Å². The highest BCUT2D eigenvalue weighted by atomic mass is 32.2. The number of hydrogen-bond donors (Lipinski definition) is 3. The quantitative estimate of drug-likeness (QED) is 0.547. The summed E-state index contributed by atoms with van der Waals surface area (Å²) in [6, 6.07) is 3.43. The van der Waals surface area contributed by atoms with Crippen molar-refractivity contribution < 1.29 is 26.7 Å². The van der Waals surface area contributed by atoms with Crippen molar-refractivity contribution in [3.8, 4) is 0 Å². The topological polar surface area (TPSA) is 130 Å². The molecule has 0 amide bonds. The number of carboxylic acids is 1. The first-order valence-corrected chi connectivity index (χ1v) is 11.0. The summed E-state index contributed by atoms with van der Waals surface area (Å²) in [6.45, 7) is 1.88. The van der Waals surface area contributed by atoms with E-state index in [-0.39, 0.29) is 22.3 Å². The van der Waals surface area contributed by atoms with Gasteiger partial charge in [0.25, 0.3) is 0 Å². The maximum atomic E-state index is 12.3. The second-order valence-electron chi connectivity index (χ2n) is 6.02. The Morgan fingerprint density at radius 3 is 2.08 bits per heavy atom. The molecule has 0 aliphatic heterocycles. The van der Waals surface area contributed by atoms with Gasteiger partial charge in [-0.3, -0.25) is 4.79 Å². The van der Waals surface area contributed by atoms with Gasteiger partial charge in [-0.05, 0) is 43.5 Å². The molecule has 0 aromatic heterocycles. The molecule has 1 aromatic carbocycles. The van der Waals surface area contributed by atoms with Crippen molar-refractivity contribution in [2.45, 2.75) is 60.9 Å². The SMILES string of the molecule is CCCC[C@H](NS(=O)(=O)c1ccc(S(=O)(=O)NC2CC2)cc1)C(=O)O. The van der Waals surface area contributed by atoms with E-state index in [0.717, 1.165) is 31.4 Å². The summed E-state index contributed by atoms with van der Waals surface area (Å²) in [7, 11) is -7.72. The van der Waals surface area contributed by atoms with Gasteiger partial charge in [0.2, 0.25) is 20.0 Å². The fraction of sp³-hybridized carbons (Fsp3) is 0.533. The zero-order valence-electron chi connectivity index (χ0n) is 13.8. The Morgan fingerprint density at radius 2 is 1.64 bits per heavy atom. The van der Waals surface area contributed by atoms with Crippen LogP contribution in [0.2, 0.25) is 0 Å². The summed E-state index contributed by atoms with van der Waals surface area (Å²) < 4.78 is 53.4. The van der Waals surface area contributed by atoms with Gasteiger partial charge >= 0.3 is 5.97 Å². The van der Waals surface area contributed by atoms with Gasteiger partial charge < -0.3 is 5.11 Å². The van der Waals surface area contributed by atoms with Gasteiger partial charge in [-0.15, -0.1) is 0 Å². The number of rotatable bonds is 10. The molecule has 0 unspecified atom stereocenters. The Hall–Kier alpha value is -1.49. The zero-order valence-corrected chi connectivity index (χ0v) is 15.4. The molecule has 25 heavy (non-hydrogen) atoms. The number of nitrogens with one attached hydrogen (secondary N) is 2. The van der Waals surface area contributed by atoms with Gasteiger partial charge in [0.1, 0.15) is 6.04 Å². The molecule has 0 bridgehead atoms. The summed E-state index contributed by atoms with van der Waals surface area (Å²) in [5.74, 6) is -1.25. The number of carboxylic acid groups (broad SMARTS) is 1. The van der Waals surface area contributed by atoms with Crippen molar-refractivity contribution in [3.05, 3.63) is 24.3 Å². The van der Waals surface area contributed by atoms with E-state index in [1.54, 1.807) is 0 Å². The lowest BCUT2D eigenvalue weighted by molar-refractivity contribution is -0.139. The zero-order chi connectivity index (χ0) is 18.7. The minimum atomic E-state index is -4.05. The highest BCUT2D eigenvalue weighted by Gasteiger charge is 2.29. The second-order valence-corrected chi connectivity index (χ2v) is 9.45. The van der Waals surface area contributed by atoms with E-state index < -0.39 is 32.1 Å². The Balaban J connectivity index is 2.14. The van der Waals surface area contributed by atoms with Crippen molar-refractivity contribution in [1.29, 1.82) is 0 Å². The van der Waals surface area contributed by atoms with Gasteiger partial charge in [0.15, 0.2) is 0 Å². The summed E-state index contributed by atoms with van der Waals surface area (Å²) in [6.07, 6.45) is 3.09. The lowest BCUT2D eigenvalue weighted by Crippen LogP contribution is -2.40. The van der Waals surface area contributed by atoms with E-state index in [2.05, 4.69) is 9.44 Å². The summed E-state index contributed by atoms with van der Waals surface area (Å²) in [4.78, 5) is 11.0. The standard InChI is InChI=1S/C15H22N2O6S2/c1-2-3-4-14(15(18)19)17-25(22,23)13-9-7-12(8-10-13)24(20,21)16-11-5-6-11/h7-11,14,16-17H,2-6H2,1H3,(H,18,19)/t14-/m0/s1.